The quantitative estimate of drug-likeness (QED) is 0.153. The van der Waals surface area contributed by atoms with Gasteiger partial charge in [-0.05, 0) is 61.9 Å². The number of rotatable bonds is 10. The zero-order chi connectivity index (χ0) is 29.5. The highest BCUT2D eigenvalue weighted by molar-refractivity contribution is 7.99. The third kappa shape index (κ3) is 7.27. The lowest BCUT2D eigenvalue weighted by Gasteiger charge is -2.39. The number of ether oxygens (including phenoxy) is 1. The molecular formula is C31H31Cl2N5O3S. The molecule has 1 atom stereocenters. The molecule has 1 aliphatic rings. The number of hydrogen-bond acceptors (Lipinski definition) is 6. The van der Waals surface area contributed by atoms with Crippen LogP contribution in [-0.2, 0) is 9.59 Å². The van der Waals surface area contributed by atoms with Gasteiger partial charge in [0.05, 0.1) is 5.02 Å². The molecule has 1 aromatic heterocycles. The SMILES string of the molecule is CC1CN(C(=O)CCCSc2nnc(-c3ccccc3Cl)n2-c2ccccc2)CCN1C(=O)COc1ccc(Cl)cc1. The first-order valence-electron chi connectivity index (χ1n) is 13.7. The van der Waals surface area contributed by atoms with Crippen molar-refractivity contribution in [3.05, 3.63) is 88.9 Å². The van der Waals surface area contributed by atoms with Crippen LogP contribution in [0.3, 0.4) is 0 Å². The van der Waals surface area contributed by atoms with E-state index >= 15 is 0 Å². The number of thioether (sulfide) groups is 1. The fraction of sp³-hybridized carbons (Fsp3) is 0.290. The van der Waals surface area contributed by atoms with Crippen LogP contribution in [0.15, 0.2) is 84.0 Å². The van der Waals surface area contributed by atoms with Gasteiger partial charge in [-0.2, -0.15) is 0 Å². The normalized spacial score (nSPS) is 15.1. The van der Waals surface area contributed by atoms with Crippen molar-refractivity contribution in [1.82, 2.24) is 24.6 Å². The lowest BCUT2D eigenvalue weighted by molar-refractivity contribution is -0.143. The molecule has 0 N–H and O–H groups in total. The van der Waals surface area contributed by atoms with Crippen LogP contribution in [0.4, 0.5) is 0 Å². The molecule has 0 spiro atoms. The Morgan fingerprint density at radius 3 is 2.40 bits per heavy atom. The lowest BCUT2D eigenvalue weighted by atomic mass is 10.1. The number of piperazine rings is 1. The molecule has 218 valence electrons. The molecule has 2 amide bonds. The second-order valence-corrected chi connectivity index (χ2v) is 11.8. The number of nitrogens with zero attached hydrogens (tertiary/aromatic N) is 5. The maximum absolute atomic E-state index is 13.0. The molecule has 11 heteroatoms. The number of amides is 2. The van der Waals surface area contributed by atoms with E-state index in [4.69, 9.17) is 27.9 Å². The first-order valence-corrected chi connectivity index (χ1v) is 15.5. The highest BCUT2D eigenvalue weighted by Gasteiger charge is 2.29. The van der Waals surface area contributed by atoms with Gasteiger partial charge in [-0.15, -0.1) is 10.2 Å². The summed E-state index contributed by atoms with van der Waals surface area (Å²) in [5.74, 6) is 1.96. The zero-order valence-electron chi connectivity index (χ0n) is 23.2. The van der Waals surface area contributed by atoms with E-state index < -0.39 is 0 Å². The third-order valence-electron chi connectivity index (χ3n) is 7.01. The fourth-order valence-electron chi connectivity index (χ4n) is 4.85. The minimum atomic E-state index is -0.0976. The van der Waals surface area contributed by atoms with Gasteiger partial charge in [-0.25, -0.2) is 0 Å². The Hall–Kier alpha value is -3.53. The van der Waals surface area contributed by atoms with E-state index in [9.17, 15) is 9.59 Å². The van der Waals surface area contributed by atoms with E-state index in [0.29, 0.717) is 59.8 Å². The molecule has 42 heavy (non-hydrogen) atoms. The molecule has 4 aromatic rings. The predicted molar refractivity (Wildman–Crippen MR) is 166 cm³/mol. The molecule has 0 bridgehead atoms. The van der Waals surface area contributed by atoms with Crippen molar-refractivity contribution in [2.24, 2.45) is 0 Å². The van der Waals surface area contributed by atoms with E-state index in [2.05, 4.69) is 10.2 Å². The minimum absolute atomic E-state index is 0.0526. The standard InChI is InChI=1S/C31H31Cl2N5O3S/c1-22-20-36(17-18-37(22)29(40)21-41-25-15-13-23(32)14-16-25)28(39)12-7-19-42-31-35-34-30(26-10-5-6-11-27(26)33)38(31)24-8-3-2-4-9-24/h2-6,8-11,13-16,22H,7,12,17-21H2,1H3. The molecule has 2 heterocycles. The summed E-state index contributed by atoms with van der Waals surface area (Å²) in [5.41, 5.74) is 1.75. The molecular weight excluding hydrogens is 593 g/mol. The molecule has 1 unspecified atom stereocenters. The highest BCUT2D eigenvalue weighted by Crippen LogP contribution is 2.32. The van der Waals surface area contributed by atoms with Crippen LogP contribution in [0.5, 0.6) is 5.75 Å². The van der Waals surface area contributed by atoms with Crippen molar-refractivity contribution >= 4 is 46.8 Å². The summed E-state index contributed by atoms with van der Waals surface area (Å²) in [5, 5.41) is 10.9. The molecule has 1 saturated heterocycles. The number of aromatic nitrogens is 3. The van der Waals surface area contributed by atoms with Crippen LogP contribution >= 0.6 is 35.0 Å². The van der Waals surface area contributed by atoms with Crippen molar-refractivity contribution in [1.29, 1.82) is 0 Å². The van der Waals surface area contributed by atoms with Crippen molar-refractivity contribution in [3.8, 4) is 22.8 Å². The van der Waals surface area contributed by atoms with E-state index in [0.717, 1.165) is 16.4 Å². The lowest BCUT2D eigenvalue weighted by Crippen LogP contribution is -2.56. The molecule has 0 radical (unpaired) electrons. The number of halogens is 2. The van der Waals surface area contributed by atoms with Crippen LogP contribution in [0, 0.1) is 0 Å². The Kier molecular flexibility index (Phi) is 10.0. The molecule has 0 aliphatic carbocycles. The van der Waals surface area contributed by atoms with Crippen molar-refractivity contribution in [2.45, 2.75) is 31.0 Å². The summed E-state index contributed by atoms with van der Waals surface area (Å²) in [6, 6.07) is 24.3. The third-order valence-corrected chi connectivity index (χ3v) is 8.60. The monoisotopic (exact) mass is 623 g/mol. The molecule has 1 fully saturated rings. The Morgan fingerprint density at radius 1 is 0.929 bits per heavy atom. The first kappa shape index (κ1) is 29.9. The summed E-state index contributed by atoms with van der Waals surface area (Å²) in [4.78, 5) is 29.4. The number of carbonyl (C=O) groups is 2. The Bertz CT molecular complexity index is 1520. The topological polar surface area (TPSA) is 80.6 Å². The number of hydrogen-bond donors (Lipinski definition) is 0. The number of benzene rings is 3. The van der Waals surface area contributed by atoms with Gasteiger partial charge in [0.2, 0.25) is 5.91 Å². The molecule has 3 aromatic carbocycles. The largest absolute Gasteiger partial charge is 0.484 e. The van der Waals surface area contributed by atoms with Gasteiger partial charge in [0.25, 0.3) is 5.91 Å². The zero-order valence-corrected chi connectivity index (χ0v) is 25.5. The summed E-state index contributed by atoms with van der Waals surface area (Å²) in [6.45, 7) is 3.40. The average Bonchev–Trinajstić information content (AvgIpc) is 3.43. The predicted octanol–water partition coefficient (Wildman–Crippen LogP) is 6.25. The van der Waals surface area contributed by atoms with E-state index in [1.165, 1.54) is 0 Å². The average molecular weight is 625 g/mol. The van der Waals surface area contributed by atoms with Gasteiger partial charge in [0.15, 0.2) is 17.6 Å². The fourth-order valence-corrected chi connectivity index (χ4v) is 6.09. The van der Waals surface area contributed by atoms with E-state index in [-0.39, 0.29) is 24.5 Å². The van der Waals surface area contributed by atoms with Gasteiger partial charge >= 0.3 is 0 Å². The van der Waals surface area contributed by atoms with Gasteiger partial charge in [0, 0.05) is 54.1 Å². The highest BCUT2D eigenvalue weighted by atomic mass is 35.5. The Balaban J connectivity index is 1.12. The second-order valence-electron chi connectivity index (χ2n) is 9.93. The molecule has 5 rings (SSSR count). The van der Waals surface area contributed by atoms with Gasteiger partial charge < -0.3 is 14.5 Å². The summed E-state index contributed by atoms with van der Waals surface area (Å²) >= 11 is 13.9. The Labute approximate surface area is 259 Å². The summed E-state index contributed by atoms with van der Waals surface area (Å²) in [7, 11) is 0. The van der Waals surface area contributed by atoms with Crippen LogP contribution < -0.4 is 4.74 Å². The molecule has 8 nitrogen and oxygen atoms in total. The van der Waals surface area contributed by atoms with Crippen LogP contribution in [0.25, 0.3) is 17.1 Å². The van der Waals surface area contributed by atoms with Gasteiger partial charge in [-0.1, -0.05) is 65.3 Å². The number of para-hydroxylation sites is 1. The number of carbonyl (C=O) groups excluding carboxylic acids is 2. The maximum atomic E-state index is 13.0. The second kappa shape index (κ2) is 14.1. The van der Waals surface area contributed by atoms with Crippen LogP contribution in [0.2, 0.25) is 10.0 Å². The maximum Gasteiger partial charge on any atom is 0.260 e. The van der Waals surface area contributed by atoms with Crippen molar-refractivity contribution in [2.75, 3.05) is 32.0 Å². The molecule has 1 aliphatic heterocycles. The summed E-state index contributed by atoms with van der Waals surface area (Å²) in [6.07, 6.45) is 1.11. The minimum Gasteiger partial charge on any atom is -0.484 e. The molecule has 0 saturated carbocycles. The van der Waals surface area contributed by atoms with Crippen LogP contribution in [0.1, 0.15) is 19.8 Å². The van der Waals surface area contributed by atoms with Gasteiger partial charge in [0.1, 0.15) is 5.75 Å². The van der Waals surface area contributed by atoms with Gasteiger partial charge in [-0.3, -0.25) is 14.2 Å². The van der Waals surface area contributed by atoms with Crippen molar-refractivity contribution < 1.29 is 14.3 Å². The van der Waals surface area contributed by atoms with E-state index in [1.54, 1.807) is 40.9 Å². The van der Waals surface area contributed by atoms with Crippen molar-refractivity contribution in [3.63, 3.8) is 0 Å². The Morgan fingerprint density at radius 2 is 1.67 bits per heavy atom. The summed E-state index contributed by atoms with van der Waals surface area (Å²) < 4.78 is 7.62. The van der Waals surface area contributed by atoms with Crippen LogP contribution in [-0.4, -0.2) is 74.4 Å². The van der Waals surface area contributed by atoms with E-state index in [1.807, 2.05) is 71.0 Å². The first-order chi connectivity index (χ1) is 20.4. The smallest absolute Gasteiger partial charge is 0.260 e.